The molecule has 1 heterocycles. The van der Waals surface area contributed by atoms with Gasteiger partial charge in [0.1, 0.15) is 11.3 Å². The van der Waals surface area contributed by atoms with Crippen molar-refractivity contribution in [1.29, 1.82) is 0 Å². The zero-order valence-corrected chi connectivity index (χ0v) is 24.0. The van der Waals surface area contributed by atoms with Gasteiger partial charge >= 0.3 is 23.9 Å². The highest BCUT2D eigenvalue weighted by Crippen LogP contribution is 2.45. The van der Waals surface area contributed by atoms with Crippen LogP contribution in [-0.4, -0.2) is 52.3 Å². The Morgan fingerprint density at radius 3 is 2.15 bits per heavy atom. The van der Waals surface area contributed by atoms with Gasteiger partial charge in [-0.2, -0.15) is 0 Å². The number of aromatic nitrogens is 1. The number of carboxylic acids is 1. The highest BCUT2D eigenvalue weighted by atomic mass is 16.6. The van der Waals surface area contributed by atoms with Crippen LogP contribution < -0.4 is 5.73 Å². The summed E-state index contributed by atoms with van der Waals surface area (Å²) in [6.07, 6.45) is 1.17. The van der Waals surface area contributed by atoms with Crippen LogP contribution in [0.2, 0.25) is 0 Å². The van der Waals surface area contributed by atoms with Crippen molar-refractivity contribution in [2.75, 3.05) is 6.61 Å². The van der Waals surface area contributed by atoms with Crippen LogP contribution in [0.4, 0.5) is 0 Å². The number of pyridine rings is 1. The minimum Gasteiger partial charge on any atom is -0.481 e. The monoisotopic (exact) mass is 556 g/mol. The number of nitrogens with two attached hydrogens (primary N) is 1. The molecule has 4 atom stereocenters. The Hall–Kier alpha value is -3.79. The predicted molar refractivity (Wildman–Crippen MR) is 147 cm³/mol. The van der Waals surface area contributed by atoms with E-state index in [0.717, 1.165) is 5.56 Å². The third kappa shape index (κ3) is 7.88. The van der Waals surface area contributed by atoms with Crippen molar-refractivity contribution in [3.05, 3.63) is 65.5 Å². The van der Waals surface area contributed by atoms with Gasteiger partial charge in [-0.3, -0.25) is 14.4 Å². The molecule has 0 spiro atoms. The summed E-state index contributed by atoms with van der Waals surface area (Å²) in [5, 5.41) is 10.4. The number of nitrogens with zero attached hydrogens (tertiary/aromatic N) is 1. The Kier molecular flexibility index (Phi) is 11.4. The van der Waals surface area contributed by atoms with Gasteiger partial charge in [-0.25, -0.2) is 9.78 Å². The van der Waals surface area contributed by atoms with Crippen LogP contribution in [-0.2, 0) is 35.0 Å². The maximum absolute atomic E-state index is 13.9. The average molecular weight is 557 g/mol. The minimum absolute atomic E-state index is 0.0198. The van der Waals surface area contributed by atoms with Gasteiger partial charge in [0.2, 0.25) is 0 Å². The zero-order valence-electron chi connectivity index (χ0n) is 24.0. The lowest BCUT2D eigenvalue weighted by Crippen LogP contribution is -2.57. The first-order valence-electron chi connectivity index (χ1n) is 13.4. The number of hydrogen-bond donors (Lipinski definition) is 2. The molecular formula is C30H40N2O8. The van der Waals surface area contributed by atoms with Gasteiger partial charge in [-0.1, -0.05) is 43.3 Å². The van der Waals surface area contributed by atoms with Crippen molar-refractivity contribution in [2.45, 2.75) is 78.6 Å². The first kappa shape index (κ1) is 32.4. The van der Waals surface area contributed by atoms with E-state index in [1.807, 2.05) is 30.3 Å². The summed E-state index contributed by atoms with van der Waals surface area (Å²) in [6, 6.07) is 10.3. The molecule has 0 bridgehead atoms. The lowest BCUT2D eigenvalue weighted by Gasteiger charge is -2.39. The van der Waals surface area contributed by atoms with Crippen LogP contribution >= 0.6 is 0 Å². The summed E-state index contributed by atoms with van der Waals surface area (Å²) >= 11 is 0. The van der Waals surface area contributed by atoms with E-state index in [1.54, 1.807) is 41.5 Å². The van der Waals surface area contributed by atoms with Gasteiger partial charge in [-0.15, -0.1) is 0 Å². The lowest BCUT2D eigenvalue weighted by molar-refractivity contribution is -0.188. The fraction of sp³-hybridized carbons (Fsp3) is 0.500. The van der Waals surface area contributed by atoms with Gasteiger partial charge in [-0.05, 0) is 71.1 Å². The Balaban J connectivity index is 2.66. The molecule has 0 amide bonds. The molecule has 0 fully saturated rings. The molecule has 4 unspecified atom stereocenters. The molecule has 40 heavy (non-hydrogen) atoms. The molecule has 10 nitrogen and oxygen atoms in total. The van der Waals surface area contributed by atoms with E-state index in [2.05, 4.69) is 4.98 Å². The van der Waals surface area contributed by atoms with Crippen molar-refractivity contribution in [2.24, 2.45) is 17.1 Å². The highest BCUT2D eigenvalue weighted by molar-refractivity contribution is 6.05. The molecule has 3 N–H and O–H groups in total. The summed E-state index contributed by atoms with van der Waals surface area (Å²) in [6.45, 7) is 9.99. The molecule has 0 saturated heterocycles. The summed E-state index contributed by atoms with van der Waals surface area (Å²) in [7, 11) is 0. The van der Waals surface area contributed by atoms with E-state index in [4.69, 9.17) is 19.9 Å². The average Bonchev–Trinajstić information content (AvgIpc) is 2.90. The number of carbonyl (C=O) groups excluding carboxylic acids is 3. The van der Waals surface area contributed by atoms with Crippen molar-refractivity contribution in [1.82, 2.24) is 4.98 Å². The third-order valence-corrected chi connectivity index (χ3v) is 6.49. The van der Waals surface area contributed by atoms with Crippen LogP contribution in [0.15, 0.2) is 48.7 Å². The molecule has 1 aromatic carbocycles. The molecular weight excluding hydrogens is 516 g/mol. The minimum atomic E-state index is -2.45. The molecule has 0 saturated carbocycles. The van der Waals surface area contributed by atoms with E-state index < -0.39 is 53.0 Å². The second kappa shape index (κ2) is 14.0. The first-order chi connectivity index (χ1) is 18.8. The van der Waals surface area contributed by atoms with E-state index in [9.17, 15) is 24.3 Å². The Morgan fingerprint density at radius 1 is 1.00 bits per heavy atom. The van der Waals surface area contributed by atoms with Gasteiger partial charge < -0.3 is 25.1 Å². The summed E-state index contributed by atoms with van der Waals surface area (Å²) in [5.41, 5.74) is 4.38. The molecule has 0 aliphatic heterocycles. The SMILES string of the molecule is CCOC(=O)C(C(=O)OC(C)CC)(C(CCc1ccccc1)C(=O)O)C(N)c1ccc(C(=O)OC(C)(C)C)nc1. The van der Waals surface area contributed by atoms with Crippen LogP contribution in [0.25, 0.3) is 0 Å². The Morgan fingerprint density at radius 2 is 1.65 bits per heavy atom. The summed E-state index contributed by atoms with van der Waals surface area (Å²) < 4.78 is 16.2. The number of rotatable bonds is 13. The van der Waals surface area contributed by atoms with Crippen molar-refractivity contribution in [3.8, 4) is 0 Å². The normalized spacial score (nSPS) is 15.2. The van der Waals surface area contributed by atoms with E-state index in [0.29, 0.717) is 6.42 Å². The molecule has 2 rings (SSSR count). The van der Waals surface area contributed by atoms with Crippen LogP contribution in [0.3, 0.4) is 0 Å². The second-order valence-corrected chi connectivity index (χ2v) is 10.6. The van der Waals surface area contributed by atoms with E-state index >= 15 is 0 Å². The highest BCUT2D eigenvalue weighted by Gasteiger charge is 2.62. The van der Waals surface area contributed by atoms with Gasteiger partial charge in [0.25, 0.3) is 0 Å². The lowest BCUT2D eigenvalue weighted by atomic mass is 9.66. The maximum Gasteiger partial charge on any atom is 0.357 e. The summed E-state index contributed by atoms with van der Waals surface area (Å²) in [4.78, 5) is 57.0. The molecule has 2 aromatic rings. The fourth-order valence-electron chi connectivity index (χ4n) is 4.26. The number of hydrogen-bond acceptors (Lipinski definition) is 9. The quantitative estimate of drug-likeness (QED) is 0.208. The number of carbonyl (C=O) groups is 4. The van der Waals surface area contributed by atoms with Crippen LogP contribution in [0.1, 0.15) is 82.0 Å². The Labute approximate surface area is 235 Å². The van der Waals surface area contributed by atoms with Crippen molar-refractivity contribution >= 4 is 23.9 Å². The molecule has 0 radical (unpaired) electrons. The van der Waals surface area contributed by atoms with Crippen LogP contribution in [0, 0.1) is 11.3 Å². The standard InChI is InChI=1S/C30H40N2O8/c1-7-19(3)39-28(37)30(27(36)38-8-2,22(25(33)34)16-14-20-12-10-9-11-13-20)24(31)21-15-17-23(32-18-21)26(35)40-29(4,5)6/h9-13,15,17-19,22,24H,7-8,14,16,31H2,1-6H3,(H,33,34). The van der Waals surface area contributed by atoms with Gasteiger partial charge in [0, 0.05) is 6.20 Å². The van der Waals surface area contributed by atoms with E-state index in [-0.39, 0.29) is 30.7 Å². The summed E-state index contributed by atoms with van der Waals surface area (Å²) in [5.74, 6) is -5.88. The van der Waals surface area contributed by atoms with Crippen molar-refractivity contribution in [3.63, 3.8) is 0 Å². The molecule has 218 valence electrons. The van der Waals surface area contributed by atoms with E-state index in [1.165, 1.54) is 18.3 Å². The molecule has 1 aromatic heterocycles. The largest absolute Gasteiger partial charge is 0.481 e. The predicted octanol–water partition coefficient (Wildman–Crippen LogP) is 4.26. The smallest absolute Gasteiger partial charge is 0.357 e. The first-order valence-corrected chi connectivity index (χ1v) is 13.4. The number of aliphatic carboxylic acids is 1. The van der Waals surface area contributed by atoms with Crippen molar-refractivity contribution < 1.29 is 38.5 Å². The maximum atomic E-state index is 13.9. The molecule has 0 aliphatic carbocycles. The molecule has 0 aliphatic rings. The third-order valence-electron chi connectivity index (χ3n) is 6.49. The Bertz CT molecular complexity index is 1160. The second-order valence-electron chi connectivity index (χ2n) is 10.6. The van der Waals surface area contributed by atoms with Crippen LogP contribution in [0.5, 0.6) is 0 Å². The fourth-order valence-corrected chi connectivity index (χ4v) is 4.26. The number of esters is 3. The molecule has 10 heteroatoms. The number of benzene rings is 1. The zero-order chi connectivity index (χ0) is 30.1. The van der Waals surface area contributed by atoms with Gasteiger partial charge in [0.15, 0.2) is 5.41 Å². The topological polar surface area (TPSA) is 155 Å². The van der Waals surface area contributed by atoms with Gasteiger partial charge in [0.05, 0.1) is 24.7 Å². The number of ether oxygens (including phenoxy) is 3. The number of carboxylic acid groups (broad SMARTS) is 1. The number of aryl methyl sites for hydroxylation is 1.